The third-order valence-corrected chi connectivity index (χ3v) is 5.74. The predicted molar refractivity (Wildman–Crippen MR) is 116 cm³/mol. The molecule has 5 rings (SSSR count). The molecule has 1 saturated heterocycles. The van der Waals surface area contributed by atoms with Crippen molar-refractivity contribution in [1.29, 1.82) is 0 Å². The van der Waals surface area contributed by atoms with Gasteiger partial charge in [-0.15, -0.1) is 0 Å². The van der Waals surface area contributed by atoms with Crippen LogP contribution in [-0.2, 0) is 0 Å². The number of likely N-dealkylation sites (tertiary alicyclic amines) is 1. The monoisotopic (exact) mass is 414 g/mol. The molecule has 0 aliphatic carbocycles. The molecule has 1 aromatic carbocycles. The first-order valence-electron chi connectivity index (χ1n) is 10.3. The molecule has 0 saturated carbocycles. The minimum absolute atomic E-state index is 0.102. The number of amides is 2. The van der Waals surface area contributed by atoms with Crippen LogP contribution in [0.25, 0.3) is 16.6 Å². The van der Waals surface area contributed by atoms with Gasteiger partial charge in [0.15, 0.2) is 5.65 Å². The van der Waals surface area contributed by atoms with E-state index in [1.807, 2.05) is 41.3 Å². The van der Waals surface area contributed by atoms with Crippen LogP contribution in [0.2, 0.25) is 0 Å². The Morgan fingerprint density at radius 2 is 1.94 bits per heavy atom. The molecule has 0 radical (unpaired) electrons. The number of hydrogen-bond acceptors (Lipinski definition) is 5. The van der Waals surface area contributed by atoms with Crippen molar-refractivity contribution in [3.05, 3.63) is 71.8 Å². The van der Waals surface area contributed by atoms with Crippen molar-refractivity contribution in [1.82, 2.24) is 29.4 Å². The molecule has 1 atom stereocenters. The molecule has 0 N–H and O–H groups in total. The van der Waals surface area contributed by atoms with Crippen LogP contribution in [0.5, 0.6) is 0 Å². The summed E-state index contributed by atoms with van der Waals surface area (Å²) in [4.78, 5) is 38.2. The number of hydrogen-bond donors (Lipinski definition) is 0. The van der Waals surface area contributed by atoms with Gasteiger partial charge in [0.25, 0.3) is 11.8 Å². The third kappa shape index (κ3) is 3.20. The van der Waals surface area contributed by atoms with E-state index >= 15 is 0 Å². The van der Waals surface area contributed by atoms with Crippen LogP contribution in [-0.4, -0.2) is 61.8 Å². The summed E-state index contributed by atoms with van der Waals surface area (Å²) in [6.45, 7) is 0.645. The SMILES string of the molecule is CN(C)C(=O)c1cnn2c([C@@H]3CCCN3C(=O)c3ccc4ccccc4n3)ccnc12. The van der Waals surface area contributed by atoms with Crippen molar-refractivity contribution in [2.24, 2.45) is 0 Å². The maximum atomic E-state index is 13.4. The van der Waals surface area contributed by atoms with Gasteiger partial charge in [0.2, 0.25) is 0 Å². The largest absolute Gasteiger partial charge is 0.345 e. The number of nitrogens with zero attached hydrogens (tertiary/aromatic N) is 6. The zero-order valence-corrected chi connectivity index (χ0v) is 17.4. The number of carbonyl (C=O) groups is 2. The molecule has 8 heteroatoms. The van der Waals surface area contributed by atoms with Gasteiger partial charge in [0.05, 0.1) is 23.4 Å². The molecular formula is C23H22N6O2. The summed E-state index contributed by atoms with van der Waals surface area (Å²) in [6, 6.07) is 13.2. The van der Waals surface area contributed by atoms with E-state index in [9.17, 15) is 9.59 Å². The molecule has 1 aliphatic rings. The zero-order valence-electron chi connectivity index (χ0n) is 17.4. The van der Waals surface area contributed by atoms with Crippen molar-refractivity contribution >= 4 is 28.4 Å². The van der Waals surface area contributed by atoms with Gasteiger partial charge >= 0.3 is 0 Å². The van der Waals surface area contributed by atoms with E-state index in [1.165, 1.54) is 4.90 Å². The zero-order chi connectivity index (χ0) is 21.5. The van der Waals surface area contributed by atoms with Crippen molar-refractivity contribution in [2.45, 2.75) is 18.9 Å². The minimum Gasteiger partial charge on any atom is -0.345 e. The smallest absolute Gasteiger partial charge is 0.273 e. The lowest BCUT2D eigenvalue weighted by atomic mass is 10.1. The van der Waals surface area contributed by atoms with E-state index in [0.29, 0.717) is 23.4 Å². The number of rotatable bonds is 3. The molecule has 3 aromatic heterocycles. The fraction of sp³-hybridized carbons (Fsp3) is 0.261. The summed E-state index contributed by atoms with van der Waals surface area (Å²) >= 11 is 0. The highest BCUT2D eigenvalue weighted by atomic mass is 16.2. The molecule has 4 heterocycles. The lowest BCUT2D eigenvalue weighted by Gasteiger charge is -2.25. The number of para-hydroxylation sites is 1. The van der Waals surface area contributed by atoms with E-state index in [4.69, 9.17) is 0 Å². The standard InChI is InChI=1S/C23H22N6O2/c1-27(2)22(30)16-14-25-29-20(11-12-24-21(16)29)19-8-5-13-28(19)23(31)18-10-9-15-6-3-4-7-17(15)26-18/h3-4,6-7,9-12,14,19H,5,8,13H2,1-2H3/t19-/m0/s1. The van der Waals surface area contributed by atoms with Gasteiger partial charge in [0.1, 0.15) is 11.3 Å². The normalized spacial score (nSPS) is 16.2. The summed E-state index contributed by atoms with van der Waals surface area (Å²) in [5, 5.41) is 5.43. The Kier molecular flexibility index (Phi) is 4.62. The molecule has 0 bridgehead atoms. The Morgan fingerprint density at radius 1 is 1.10 bits per heavy atom. The van der Waals surface area contributed by atoms with Crippen molar-refractivity contribution in [3.8, 4) is 0 Å². The predicted octanol–water partition coefficient (Wildman–Crippen LogP) is 2.96. The number of benzene rings is 1. The van der Waals surface area contributed by atoms with Crippen molar-refractivity contribution in [2.75, 3.05) is 20.6 Å². The highest BCUT2D eigenvalue weighted by molar-refractivity contribution is 5.99. The summed E-state index contributed by atoms with van der Waals surface area (Å²) in [6.07, 6.45) is 4.92. The third-order valence-electron chi connectivity index (χ3n) is 5.74. The number of aromatic nitrogens is 4. The maximum absolute atomic E-state index is 13.4. The molecule has 156 valence electrons. The summed E-state index contributed by atoms with van der Waals surface area (Å²) in [7, 11) is 3.40. The average Bonchev–Trinajstić information content (AvgIpc) is 3.45. The van der Waals surface area contributed by atoms with Crippen LogP contribution in [0.3, 0.4) is 0 Å². The quantitative estimate of drug-likeness (QED) is 0.515. The van der Waals surface area contributed by atoms with E-state index in [1.54, 1.807) is 37.1 Å². The van der Waals surface area contributed by atoms with Gasteiger partial charge in [-0.05, 0) is 31.0 Å². The molecular weight excluding hydrogens is 392 g/mol. The lowest BCUT2D eigenvalue weighted by Crippen LogP contribution is -2.32. The van der Waals surface area contributed by atoms with E-state index in [2.05, 4.69) is 15.1 Å². The summed E-state index contributed by atoms with van der Waals surface area (Å²) in [5.41, 5.74) is 3.02. The van der Waals surface area contributed by atoms with Gasteiger partial charge in [-0.3, -0.25) is 9.59 Å². The van der Waals surface area contributed by atoms with E-state index in [0.717, 1.165) is 29.4 Å². The van der Waals surface area contributed by atoms with Crippen molar-refractivity contribution < 1.29 is 9.59 Å². The van der Waals surface area contributed by atoms with Gasteiger partial charge in [-0.1, -0.05) is 24.3 Å². The summed E-state index contributed by atoms with van der Waals surface area (Å²) in [5.74, 6) is -0.255. The molecule has 0 spiro atoms. The average molecular weight is 414 g/mol. The Morgan fingerprint density at radius 3 is 2.77 bits per heavy atom. The second-order valence-corrected chi connectivity index (χ2v) is 7.91. The number of carbonyl (C=O) groups excluding carboxylic acids is 2. The van der Waals surface area contributed by atoms with Crippen LogP contribution < -0.4 is 0 Å². The second-order valence-electron chi connectivity index (χ2n) is 7.91. The highest BCUT2D eigenvalue weighted by Crippen LogP contribution is 2.33. The minimum atomic E-state index is -0.159. The van der Waals surface area contributed by atoms with Crippen LogP contribution in [0.4, 0.5) is 0 Å². The molecule has 2 amide bonds. The number of pyridine rings is 1. The van der Waals surface area contributed by atoms with E-state index < -0.39 is 0 Å². The molecule has 1 fully saturated rings. The molecule has 31 heavy (non-hydrogen) atoms. The van der Waals surface area contributed by atoms with Crippen LogP contribution in [0, 0.1) is 0 Å². The molecule has 4 aromatic rings. The Hall–Kier alpha value is -3.81. The van der Waals surface area contributed by atoms with E-state index in [-0.39, 0.29) is 17.9 Å². The molecule has 1 aliphatic heterocycles. The topological polar surface area (TPSA) is 83.7 Å². The van der Waals surface area contributed by atoms with Gasteiger partial charge < -0.3 is 9.80 Å². The Balaban J connectivity index is 1.52. The van der Waals surface area contributed by atoms with Crippen LogP contribution >= 0.6 is 0 Å². The number of fused-ring (bicyclic) bond motifs is 2. The van der Waals surface area contributed by atoms with Crippen molar-refractivity contribution in [3.63, 3.8) is 0 Å². The first-order valence-corrected chi connectivity index (χ1v) is 10.3. The first kappa shape index (κ1) is 19.2. The first-order chi connectivity index (χ1) is 15.0. The van der Waals surface area contributed by atoms with Gasteiger partial charge in [-0.25, -0.2) is 14.5 Å². The second kappa shape index (κ2) is 7.46. The van der Waals surface area contributed by atoms with Crippen LogP contribution in [0.1, 0.15) is 45.4 Å². The van der Waals surface area contributed by atoms with Gasteiger partial charge in [0, 0.05) is 32.2 Å². The lowest BCUT2D eigenvalue weighted by molar-refractivity contribution is 0.0725. The Bertz CT molecular complexity index is 1310. The molecule has 0 unspecified atom stereocenters. The van der Waals surface area contributed by atoms with Gasteiger partial charge in [-0.2, -0.15) is 5.10 Å². The Labute approximate surface area is 179 Å². The molecule has 8 nitrogen and oxygen atoms in total. The maximum Gasteiger partial charge on any atom is 0.273 e. The summed E-state index contributed by atoms with van der Waals surface area (Å²) < 4.78 is 1.68. The van der Waals surface area contributed by atoms with Crippen LogP contribution in [0.15, 0.2) is 54.9 Å². The highest BCUT2D eigenvalue weighted by Gasteiger charge is 2.33. The fourth-order valence-corrected chi connectivity index (χ4v) is 4.20. The fourth-order valence-electron chi connectivity index (χ4n) is 4.20.